The number of fused-ring (bicyclic) bond motifs is 3. The smallest absolute Gasteiger partial charge is 0.448 e. The molecular weight excluding hydrogens is 564 g/mol. The molecule has 0 saturated carbocycles. The third-order valence-electron chi connectivity index (χ3n) is 9.02. The normalized spacial score (nSPS) is 20.9. The second-order valence-corrected chi connectivity index (χ2v) is 12.7. The molecule has 2 aliphatic carbocycles. The van der Waals surface area contributed by atoms with Crippen molar-refractivity contribution < 1.29 is 18.9 Å². The number of thiophene rings is 1. The van der Waals surface area contributed by atoms with Crippen molar-refractivity contribution >= 4 is 46.4 Å². The fraction of sp³-hybridized carbons (Fsp3) is 0.484. The minimum atomic E-state index is -0.642. The predicted octanol–water partition coefficient (Wildman–Crippen LogP) is 4.33. The third kappa shape index (κ3) is 5.00. The second kappa shape index (κ2) is 11.9. The molecule has 3 atom stereocenters. The summed E-state index contributed by atoms with van der Waals surface area (Å²) in [6.45, 7) is 10.8. The molecule has 5 rings (SSSR count). The molecule has 226 valence electrons. The number of ketones is 1. The monoisotopic (exact) mass is 603 g/mol. The van der Waals surface area contributed by atoms with Crippen LogP contribution in [0.1, 0.15) is 78.5 Å². The van der Waals surface area contributed by atoms with Crippen LogP contribution in [-0.2, 0) is 11.8 Å². The van der Waals surface area contributed by atoms with E-state index in [9.17, 15) is 14.9 Å². The fourth-order valence-corrected chi connectivity index (χ4v) is 7.89. The molecular formula is C31H39N8O3S+. The van der Waals surface area contributed by atoms with Gasteiger partial charge in [0, 0.05) is 28.3 Å². The summed E-state index contributed by atoms with van der Waals surface area (Å²) in [5.74, 6) is -0.146. The quantitative estimate of drug-likeness (QED) is 0.155. The van der Waals surface area contributed by atoms with E-state index in [0.29, 0.717) is 40.4 Å². The van der Waals surface area contributed by atoms with Gasteiger partial charge in [0.1, 0.15) is 17.2 Å². The molecule has 0 fully saturated rings. The molecule has 12 heteroatoms. The van der Waals surface area contributed by atoms with E-state index in [1.807, 2.05) is 7.05 Å². The Hall–Kier alpha value is -4.08. The van der Waals surface area contributed by atoms with Gasteiger partial charge in [-0.15, -0.1) is 11.3 Å². The highest BCUT2D eigenvalue weighted by atomic mass is 32.1. The van der Waals surface area contributed by atoms with Gasteiger partial charge in [0.15, 0.2) is 0 Å². The van der Waals surface area contributed by atoms with E-state index in [1.54, 1.807) is 13.1 Å². The van der Waals surface area contributed by atoms with Crippen molar-refractivity contribution in [3.8, 4) is 11.9 Å². The van der Waals surface area contributed by atoms with Gasteiger partial charge in [0.05, 0.1) is 12.6 Å². The van der Waals surface area contributed by atoms with Crippen LogP contribution >= 0.6 is 11.3 Å². The Balaban J connectivity index is 1.58. The first-order chi connectivity index (χ1) is 20.6. The Morgan fingerprint density at radius 2 is 2.05 bits per heavy atom. The highest BCUT2D eigenvalue weighted by Gasteiger charge is 2.48. The lowest BCUT2D eigenvalue weighted by Gasteiger charge is -2.42. The topological polar surface area (TPSA) is 163 Å². The highest BCUT2D eigenvalue weighted by molar-refractivity contribution is 7.16. The maximum absolute atomic E-state index is 14.2. The van der Waals surface area contributed by atoms with E-state index in [0.717, 1.165) is 60.1 Å². The second-order valence-electron chi connectivity index (χ2n) is 11.6. The number of allylic oxidation sites excluding steroid dienone is 2. The molecule has 0 unspecified atom stereocenters. The van der Waals surface area contributed by atoms with Crippen LogP contribution in [0, 0.1) is 17.2 Å². The maximum Gasteiger partial charge on any atom is 0.448 e. The predicted molar refractivity (Wildman–Crippen MR) is 167 cm³/mol. The Morgan fingerprint density at radius 1 is 1.33 bits per heavy atom. The van der Waals surface area contributed by atoms with Gasteiger partial charge < -0.3 is 21.5 Å². The van der Waals surface area contributed by atoms with Crippen molar-refractivity contribution in [3.63, 3.8) is 0 Å². The summed E-state index contributed by atoms with van der Waals surface area (Å²) in [6, 6.07) is 1.87. The number of nitrogens with two attached hydrogens (primary N) is 2. The molecule has 0 bridgehead atoms. The zero-order chi connectivity index (χ0) is 31.1. The number of ether oxygens (including phenoxy) is 1. The summed E-state index contributed by atoms with van der Waals surface area (Å²) in [5, 5.41) is 13.6. The molecule has 43 heavy (non-hydrogen) atoms. The van der Waals surface area contributed by atoms with Crippen LogP contribution in [0.3, 0.4) is 0 Å². The number of nitrogen functional groups attached to an aromatic ring is 1. The van der Waals surface area contributed by atoms with Gasteiger partial charge in [0.25, 0.3) is 11.7 Å². The van der Waals surface area contributed by atoms with Crippen molar-refractivity contribution in [1.29, 1.82) is 5.26 Å². The minimum absolute atomic E-state index is 0.0957. The molecule has 1 aliphatic heterocycles. The molecule has 0 saturated heterocycles. The van der Waals surface area contributed by atoms with Crippen LogP contribution in [-0.4, -0.2) is 59.8 Å². The number of Topliss-reactive ketones (excluding diaryl/α,β-unsaturated/α-hetero) is 1. The summed E-state index contributed by atoms with van der Waals surface area (Å²) in [7, 11) is 3.50. The number of nitrogens with zero attached hydrogens (tertiary/aromatic N) is 5. The van der Waals surface area contributed by atoms with Crippen molar-refractivity contribution in [2.75, 3.05) is 31.3 Å². The average molecular weight is 604 g/mol. The van der Waals surface area contributed by atoms with E-state index in [-0.39, 0.29) is 23.4 Å². The molecule has 0 radical (unpaired) electrons. The number of urea groups is 1. The Labute approximate surface area is 255 Å². The van der Waals surface area contributed by atoms with Crippen LogP contribution in [0.25, 0.3) is 0 Å². The van der Waals surface area contributed by atoms with Gasteiger partial charge in [-0.2, -0.15) is 14.8 Å². The minimum Gasteiger partial charge on any atom is -0.467 e. The summed E-state index contributed by atoms with van der Waals surface area (Å²) >= 11 is 1.44. The lowest BCUT2D eigenvalue weighted by atomic mass is 9.62. The first-order valence-corrected chi connectivity index (χ1v) is 15.5. The van der Waals surface area contributed by atoms with Gasteiger partial charge >= 0.3 is 11.8 Å². The van der Waals surface area contributed by atoms with Crippen molar-refractivity contribution in [1.82, 2.24) is 15.3 Å². The summed E-state index contributed by atoms with van der Waals surface area (Å²) < 4.78 is 7.51. The largest absolute Gasteiger partial charge is 0.467 e. The van der Waals surface area contributed by atoms with Crippen LogP contribution in [0.4, 0.5) is 21.3 Å². The van der Waals surface area contributed by atoms with Gasteiger partial charge in [0.2, 0.25) is 11.5 Å². The zero-order valence-corrected chi connectivity index (χ0v) is 25.9. The number of hydrogen-bond acceptors (Lipinski definition) is 10. The van der Waals surface area contributed by atoms with E-state index in [1.165, 1.54) is 16.2 Å². The average Bonchev–Trinajstić information content (AvgIpc) is 3.45. The number of aromatic nitrogens is 2. The molecule has 5 N–H and O–H groups in total. The van der Waals surface area contributed by atoms with E-state index in [2.05, 4.69) is 41.6 Å². The van der Waals surface area contributed by atoms with Crippen LogP contribution < -0.4 is 26.4 Å². The number of anilines is 2. The van der Waals surface area contributed by atoms with Gasteiger partial charge in [-0.1, -0.05) is 24.6 Å². The summed E-state index contributed by atoms with van der Waals surface area (Å²) in [4.78, 5) is 38.7. The number of carbonyl (C=O) groups is 2. The number of nitriles is 1. The molecule has 1 spiro atoms. The van der Waals surface area contributed by atoms with Gasteiger partial charge in [-0.3, -0.25) is 4.79 Å². The summed E-state index contributed by atoms with van der Waals surface area (Å²) in [6.07, 6.45) is 7.44. The van der Waals surface area contributed by atoms with E-state index < -0.39 is 23.3 Å². The standard InChI is InChI=1S/C31H38N8O3S/c1-6-20(17(2)10-9-15-35-3)42-29-23-28(39(5)30(41)38(23)4)36-27(37-29)24(40)18-11-7-13-31(25(18)33)14-8-12-21-22(31)19(16-32)26(34)43-21/h6,17,20,35H,1,5,7-15,34H2,2-4H3,(H-,33,40)/p+1/t17-,20-,31-/m0/s1. The van der Waals surface area contributed by atoms with Crippen LogP contribution in [0.2, 0.25) is 0 Å². The lowest BCUT2D eigenvalue weighted by Crippen LogP contribution is -2.41. The molecule has 2 aromatic heterocycles. The molecule has 2 amide bonds. The fourth-order valence-electron chi connectivity index (χ4n) is 6.73. The maximum atomic E-state index is 14.2. The molecule has 3 heterocycles. The van der Waals surface area contributed by atoms with Gasteiger partial charge in [-0.05, 0) is 76.4 Å². The SMILES string of the molecule is C=C[C@H](Oc1nc(C(=O)C2=C(N)[C@@]3(CCC2)CCCc2sc(N)c(C#N)c23)nc2c1N(C)C(=O)[N+]2=C)[C@@H](C)CCCNC. The number of nitrogens with one attached hydrogen (secondary N) is 1. The van der Waals surface area contributed by atoms with E-state index >= 15 is 0 Å². The lowest BCUT2D eigenvalue weighted by molar-refractivity contribution is -0.316. The Kier molecular flexibility index (Phi) is 8.40. The number of aryl methyl sites for hydroxylation is 1. The number of carbonyl (C=O) groups excluding carboxylic acids is 2. The van der Waals surface area contributed by atoms with Crippen molar-refractivity contribution in [2.45, 2.75) is 69.8 Å². The first kappa shape index (κ1) is 30.4. The van der Waals surface area contributed by atoms with E-state index in [4.69, 9.17) is 16.2 Å². The van der Waals surface area contributed by atoms with Crippen LogP contribution in [0.15, 0.2) is 23.9 Å². The molecule has 3 aliphatic rings. The third-order valence-corrected chi connectivity index (χ3v) is 10.1. The number of rotatable bonds is 10. The highest BCUT2D eigenvalue weighted by Crippen LogP contribution is 2.53. The molecule has 0 aromatic carbocycles. The number of amides is 2. The summed E-state index contributed by atoms with van der Waals surface area (Å²) in [5.41, 5.74) is 15.1. The first-order valence-electron chi connectivity index (χ1n) is 14.7. The van der Waals surface area contributed by atoms with Crippen molar-refractivity contribution in [3.05, 3.63) is 45.8 Å². The zero-order valence-electron chi connectivity index (χ0n) is 25.0. The molecule has 2 aromatic rings. The van der Waals surface area contributed by atoms with Gasteiger partial charge in [-0.25, -0.2) is 9.69 Å². The Bertz CT molecular complexity index is 1590. The van der Waals surface area contributed by atoms with Crippen molar-refractivity contribution in [2.24, 2.45) is 11.7 Å². The molecule has 11 nitrogen and oxygen atoms in total. The number of hydrogen-bond donors (Lipinski definition) is 3. The Morgan fingerprint density at radius 3 is 2.72 bits per heavy atom. The van der Waals surface area contributed by atoms with Crippen LogP contribution in [0.5, 0.6) is 5.88 Å².